The Kier molecular flexibility index (Phi) is 13.4. The zero-order valence-electron chi connectivity index (χ0n) is 13.6. The van der Waals surface area contributed by atoms with E-state index >= 15 is 0 Å². The molecule has 19 heavy (non-hydrogen) atoms. The van der Waals surface area contributed by atoms with Gasteiger partial charge in [-0.25, -0.2) is 0 Å². The first-order valence-corrected chi connectivity index (χ1v) is 7.15. The lowest BCUT2D eigenvalue weighted by Crippen LogP contribution is -1.80. The summed E-state index contributed by atoms with van der Waals surface area (Å²) in [5.41, 5.74) is 2.74. The van der Waals surface area contributed by atoms with Crippen LogP contribution in [-0.2, 0) is 0 Å². The third-order valence-electron chi connectivity index (χ3n) is 2.36. The smallest absolute Gasteiger partial charge is 0.0181 e. The summed E-state index contributed by atoms with van der Waals surface area (Å²) in [6, 6.07) is 13.0. The Balaban J connectivity index is 0. The van der Waals surface area contributed by atoms with Crippen molar-refractivity contribution in [3.63, 3.8) is 0 Å². The van der Waals surface area contributed by atoms with Crippen LogP contribution in [-0.4, -0.2) is 0 Å². The molecule has 0 aliphatic carbocycles. The molecule has 0 heterocycles. The molecule has 0 radical (unpaired) electrons. The van der Waals surface area contributed by atoms with Gasteiger partial charge < -0.3 is 0 Å². The van der Waals surface area contributed by atoms with Gasteiger partial charge in [0.15, 0.2) is 0 Å². The molecular formula is C19H30. The van der Waals surface area contributed by atoms with E-state index in [0.717, 1.165) is 0 Å². The minimum atomic E-state index is 1.25. The van der Waals surface area contributed by atoms with Crippen molar-refractivity contribution in [2.45, 2.75) is 48.0 Å². The van der Waals surface area contributed by atoms with Gasteiger partial charge in [-0.2, -0.15) is 0 Å². The Labute approximate surface area is 120 Å². The molecule has 0 nitrogen and oxygen atoms in total. The van der Waals surface area contributed by atoms with Crippen molar-refractivity contribution in [3.05, 3.63) is 60.7 Å². The predicted molar refractivity (Wildman–Crippen MR) is 92.0 cm³/mol. The van der Waals surface area contributed by atoms with Gasteiger partial charge >= 0.3 is 0 Å². The quantitative estimate of drug-likeness (QED) is 0.461. The molecular weight excluding hydrogens is 228 g/mol. The first-order valence-electron chi connectivity index (χ1n) is 7.15. The number of aryl methyl sites for hydroxylation is 2. The van der Waals surface area contributed by atoms with Crippen LogP contribution in [0.3, 0.4) is 0 Å². The van der Waals surface area contributed by atoms with Crippen molar-refractivity contribution in [2.75, 3.05) is 0 Å². The third kappa shape index (κ3) is 7.46. The molecule has 0 spiro atoms. The van der Waals surface area contributed by atoms with E-state index in [1.165, 1.54) is 28.3 Å². The topological polar surface area (TPSA) is 0 Å². The summed E-state index contributed by atoms with van der Waals surface area (Å²) < 4.78 is 0. The summed E-state index contributed by atoms with van der Waals surface area (Å²) in [7, 11) is 0. The second kappa shape index (κ2) is 12.9. The van der Waals surface area contributed by atoms with Crippen LogP contribution in [0.25, 0.3) is 10.8 Å². The van der Waals surface area contributed by atoms with Gasteiger partial charge in [0, 0.05) is 0 Å². The van der Waals surface area contributed by atoms with E-state index in [4.69, 9.17) is 0 Å². The molecule has 0 saturated carbocycles. The molecule has 0 amide bonds. The number of hydrogen-bond donors (Lipinski definition) is 0. The number of fused-ring (bicyclic) bond motifs is 1. The van der Waals surface area contributed by atoms with Gasteiger partial charge in [-0.05, 0) is 35.7 Å². The fourth-order valence-corrected chi connectivity index (χ4v) is 1.47. The van der Waals surface area contributed by atoms with Crippen LogP contribution >= 0.6 is 0 Å². The first-order chi connectivity index (χ1) is 9.19. The fraction of sp³-hybridized carbons (Fsp3) is 0.368. The summed E-state index contributed by atoms with van der Waals surface area (Å²) in [6.07, 6.45) is 1.25. The Morgan fingerprint density at radius 1 is 0.789 bits per heavy atom. The molecule has 0 unspecified atom stereocenters. The van der Waals surface area contributed by atoms with Crippen molar-refractivity contribution in [3.8, 4) is 0 Å². The molecule has 0 bridgehead atoms. The van der Waals surface area contributed by atoms with Gasteiger partial charge in [0.1, 0.15) is 0 Å². The summed E-state index contributed by atoms with van der Waals surface area (Å²) in [4.78, 5) is 0. The zero-order chi connectivity index (χ0) is 15.3. The van der Waals surface area contributed by atoms with E-state index in [1.54, 1.807) is 0 Å². The standard InChI is InChI=1S/C12H12.C3H8.C2H6.C2H4/c1-9-7-11-5-3-4-6-12(11)8-10(9)2;1-3-2;2*1-2/h3-8H,1-2H3;3H2,1-2H3;1-2H3;1-2H2. The summed E-state index contributed by atoms with van der Waals surface area (Å²) in [5, 5.41) is 2.67. The normalized spacial score (nSPS) is 8.11. The average molecular weight is 258 g/mol. The second-order valence-corrected chi connectivity index (χ2v) is 3.99. The minimum Gasteiger partial charge on any atom is -0.106 e. The number of benzene rings is 2. The molecule has 0 aliphatic rings. The van der Waals surface area contributed by atoms with Gasteiger partial charge in [-0.3, -0.25) is 0 Å². The summed E-state index contributed by atoms with van der Waals surface area (Å²) >= 11 is 0. The molecule has 0 saturated heterocycles. The SMILES string of the molecule is C=C.CC.CCC.Cc1cc2ccccc2cc1C. The molecule has 0 N–H and O–H groups in total. The van der Waals surface area contributed by atoms with Crippen LogP contribution in [0.15, 0.2) is 49.6 Å². The molecule has 2 rings (SSSR count). The second-order valence-electron chi connectivity index (χ2n) is 3.99. The highest BCUT2D eigenvalue weighted by atomic mass is 14.0. The van der Waals surface area contributed by atoms with Crippen molar-refractivity contribution in [1.29, 1.82) is 0 Å². The lowest BCUT2D eigenvalue weighted by molar-refractivity contribution is 1.09. The maximum absolute atomic E-state index is 3.00. The monoisotopic (exact) mass is 258 g/mol. The Hall–Kier alpha value is -1.56. The molecule has 2 aromatic rings. The Morgan fingerprint density at radius 2 is 1.05 bits per heavy atom. The average Bonchev–Trinajstić information content (AvgIpc) is 2.45. The lowest BCUT2D eigenvalue weighted by Gasteiger charge is -2.02. The summed E-state index contributed by atoms with van der Waals surface area (Å²) in [5.74, 6) is 0. The Bertz CT molecular complexity index is 400. The molecule has 0 heteroatoms. The van der Waals surface area contributed by atoms with Crippen molar-refractivity contribution >= 4 is 10.8 Å². The first kappa shape index (κ1) is 19.8. The molecule has 0 aliphatic heterocycles. The number of hydrogen-bond acceptors (Lipinski definition) is 0. The molecule has 106 valence electrons. The maximum Gasteiger partial charge on any atom is -0.0181 e. The van der Waals surface area contributed by atoms with E-state index in [2.05, 4.69) is 77.3 Å². The van der Waals surface area contributed by atoms with Gasteiger partial charge in [0.25, 0.3) is 0 Å². The van der Waals surface area contributed by atoms with E-state index in [1.807, 2.05) is 13.8 Å². The van der Waals surface area contributed by atoms with Crippen molar-refractivity contribution < 1.29 is 0 Å². The molecule has 2 aromatic carbocycles. The van der Waals surface area contributed by atoms with Crippen LogP contribution in [0, 0.1) is 13.8 Å². The lowest BCUT2D eigenvalue weighted by atomic mass is 10.0. The maximum atomic E-state index is 3.00. The van der Waals surface area contributed by atoms with E-state index in [-0.39, 0.29) is 0 Å². The molecule has 0 fully saturated rings. The third-order valence-corrected chi connectivity index (χ3v) is 2.36. The highest BCUT2D eigenvalue weighted by molar-refractivity contribution is 5.83. The number of rotatable bonds is 0. The van der Waals surface area contributed by atoms with Gasteiger partial charge in [0.2, 0.25) is 0 Å². The van der Waals surface area contributed by atoms with E-state index in [0.29, 0.717) is 0 Å². The van der Waals surface area contributed by atoms with Gasteiger partial charge in [-0.1, -0.05) is 70.5 Å². The van der Waals surface area contributed by atoms with Crippen LogP contribution < -0.4 is 0 Å². The highest BCUT2D eigenvalue weighted by Crippen LogP contribution is 2.18. The van der Waals surface area contributed by atoms with Crippen LogP contribution in [0.1, 0.15) is 45.2 Å². The van der Waals surface area contributed by atoms with Crippen LogP contribution in [0.2, 0.25) is 0 Å². The summed E-state index contributed by atoms with van der Waals surface area (Å²) in [6.45, 7) is 18.6. The van der Waals surface area contributed by atoms with Gasteiger partial charge in [-0.15, -0.1) is 13.2 Å². The Morgan fingerprint density at radius 3 is 1.32 bits per heavy atom. The van der Waals surface area contributed by atoms with Crippen molar-refractivity contribution in [1.82, 2.24) is 0 Å². The zero-order valence-corrected chi connectivity index (χ0v) is 13.6. The van der Waals surface area contributed by atoms with E-state index in [9.17, 15) is 0 Å². The predicted octanol–water partition coefficient (Wildman–Crippen LogP) is 6.70. The van der Waals surface area contributed by atoms with Crippen molar-refractivity contribution in [2.24, 2.45) is 0 Å². The van der Waals surface area contributed by atoms with Crippen LogP contribution in [0.5, 0.6) is 0 Å². The fourth-order valence-electron chi connectivity index (χ4n) is 1.47. The van der Waals surface area contributed by atoms with Crippen LogP contribution in [0.4, 0.5) is 0 Å². The molecule has 0 atom stereocenters. The minimum absolute atomic E-state index is 1.25. The van der Waals surface area contributed by atoms with Gasteiger partial charge in [0.05, 0.1) is 0 Å². The largest absolute Gasteiger partial charge is 0.106 e. The highest BCUT2D eigenvalue weighted by Gasteiger charge is 1.95. The van der Waals surface area contributed by atoms with E-state index < -0.39 is 0 Å². The molecule has 0 aromatic heterocycles.